The first kappa shape index (κ1) is 8.86. The molecule has 0 spiro atoms. The van der Waals surface area contributed by atoms with Crippen molar-refractivity contribution in [2.75, 3.05) is 12.8 Å². The Morgan fingerprint density at radius 1 is 1.83 bits per heavy atom. The number of hydrogen-bond acceptors (Lipinski definition) is 4. The number of aromatic nitrogens is 2. The van der Waals surface area contributed by atoms with E-state index in [1.54, 1.807) is 17.8 Å². The van der Waals surface area contributed by atoms with Crippen molar-refractivity contribution >= 4 is 5.69 Å². The van der Waals surface area contributed by atoms with Gasteiger partial charge in [0.2, 0.25) is 0 Å². The van der Waals surface area contributed by atoms with Crippen LogP contribution in [0.3, 0.4) is 0 Å². The third-order valence-corrected chi connectivity index (χ3v) is 1.40. The van der Waals surface area contributed by atoms with Crippen LogP contribution in [-0.4, -0.2) is 28.1 Å². The number of nitrogens with zero attached hydrogens (tertiary/aromatic N) is 2. The summed E-state index contributed by atoms with van der Waals surface area (Å²) in [6, 6.07) is 0. The molecule has 0 radical (unpaired) electrons. The van der Waals surface area contributed by atoms with Gasteiger partial charge in [0.15, 0.2) is 0 Å². The van der Waals surface area contributed by atoms with Gasteiger partial charge in [-0.05, 0) is 6.92 Å². The first-order valence-corrected chi connectivity index (χ1v) is 3.68. The smallest absolute Gasteiger partial charge is 0.256 e. The Morgan fingerprint density at radius 2 is 2.50 bits per heavy atom. The van der Waals surface area contributed by atoms with Crippen molar-refractivity contribution in [3.05, 3.63) is 6.20 Å². The molecule has 0 saturated carbocycles. The number of hydrogen-bond donors (Lipinski definition) is 2. The van der Waals surface area contributed by atoms with Crippen LogP contribution in [0.2, 0.25) is 0 Å². The van der Waals surface area contributed by atoms with E-state index in [-0.39, 0.29) is 0 Å². The van der Waals surface area contributed by atoms with Gasteiger partial charge in [-0.2, -0.15) is 0 Å². The molecule has 0 saturated heterocycles. The van der Waals surface area contributed by atoms with E-state index in [4.69, 9.17) is 15.6 Å². The molecule has 68 valence electrons. The van der Waals surface area contributed by atoms with Crippen LogP contribution in [0.15, 0.2) is 6.20 Å². The minimum Gasteiger partial charge on any atom is -0.478 e. The van der Waals surface area contributed by atoms with E-state index in [1.165, 1.54) is 7.11 Å². The zero-order valence-electron chi connectivity index (χ0n) is 7.19. The summed E-state index contributed by atoms with van der Waals surface area (Å²) >= 11 is 0. The topological polar surface area (TPSA) is 73.3 Å². The van der Waals surface area contributed by atoms with Gasteiger partial charge in [-0.3, -0.25) is 4.68 Å². The summed E-state index contributed by atoms with van der Waals surface area (Å²) in [5.41, 5.74) is 6.02. The van der Waals surface area contributed by atoms with Crippen LogP contribution < -0.4 is 10.5 Å². The van der Waals surface area contributed by atoms with Gasteiger partial charge < -0.3 is 15.6 Å². The van der Waals surface area contributed by atoms with E-state index >= 15 is 0 Å². The highest BCUT2D eigenvalue weighted by atomic mass is 16.5. The highest BCUT2D eigenvalue weighted by Crippen LogP contribution is 2.16. The maximum atomic E-state index is 9.04. The van der Waals surface area contributed by atoms with E-state index in [2.05, 4.69) is 5.10 Å². The lowest BCUT2D eigenvalue weighted by molar-refractivity contribution is 0.167. The summed E-state index contributed by atoms with van der Waals surface area (Å²) in [6.45, 7) is 2.11. The lowest BCUT2D eigenvalue weighted by atomic mass is 10.4. The van der Waals surface area contributed by atoms with Gasteiger partial charge in [0.05, 0.1) is 26.0 Å². The predicted molar refractivity (Wildman–Crippen MR) is 44.9 cm³/mol. The van der Waals surface area contributed by atoms with Crippen molar-refractivity contribution in [3.8, 4) is 5.88 Å². The normalized spacial score (nSPS) is 12.9. The first-order chi connectivity index (χ1) is 5.63. The number of nitrogen functional groups attached to an aromatic ring is 1. The number of rotatable bonds is 3. The average Bonchev–Trinajstić information content (AvgIpc) is 2.29. The van der Waals surface area contributed by atoms with Gasteiger partial charge in [0.25, 0.3) is 5.88 Å². The van der Waals surface area contributed by atoms with Crippen molar-refractivity contribution in [1.29, 1.82) is 0 Å². The Bertz CT molecular complexity index is 257. The number of aliphatic hydroxyl groups excluding tert-OH is 1. The molecule has 0 aliphatic rings. The van der Waals surface area contributed by atoms with E-state index in [0.717, 1.165) is 0 Å². The molecule has 5 nitrogen and oxygen atoms in total. The second-order valence-corrected chi connectivity index (χ2v) is 2.66. The second-order valence-electron chi connectivity index (χ2n) is 2.66. The van der Waals surface area contributed by atoms with Gasteiger partial charge in [-0.15, -0.1) is 5.10 Å². The highest BCUT2D eigenvalue weighted by Gasteiger charge is 2.06. The minimum absolute atomic E-state index is 0.399. The molecule has 1 heterocycles. The van der Waals surface area contributed by atoms with E-state index in [0.29, 0.717) is 18.1 Å². The van der Waals surface area contributed by atoms with E-state index in [1.807, 2.05) is 0 Å². The minimum atomic E-state index is -0.436. The Balaban J connectivity index is 2.75. The summed E-state index contributed by atoms with van der Waals surface area (Å²) in [5, 5.41) is 13.0. The fraction of sp³-hybridized carbons (Fsp3) is 0.571. The molecule has 1 atom stereocenters. The molecule has 12 heavy (non-hydrogen) atoms. The summed E-state index contributed by atoms with van der Waals surface area (Å²) < 4.78 is 6.42. The van der Waals surface area contributed by atoms with Crippen LogP contribution in [0.25, 0.3) is 0 Å². The van der Waals surface area contributed by atoms with Crippen LogP contribution in [0.4, 0.5) is 5.69 Å². The van der Waals surface area contributed by atoms with Crippen molar-refractivity contribution in [3.63, 3.8) is 0 Å². The molecule has 3 N–H and O–H groups in total. The zero-order valence-corrected chi connectivity index (χ0v) is 7.19. The molecule has 5 heteroatoms. The Hall–Kier alpha value is -1.23. The summed E-state index contributed by atoms with van der Waals surface area (Å²) in [5.74, 6) is 0.399. The predicted octanol–water partition coefficient (Wildman–Crippen LogP) is -0.145. The molecule has 1 rings (SSSR count). The van der Waals surface area contributed by atoms with Crippen LogP contribution in [0.5, 0.6) is 5.88 Å². The third-order valence-electron chi connectivity index (χ3n) is 1.40. The van der Waals surface area contributed by atoms with Gasteiger partial charge in [-0.25, -0.2) is 0 Å². The monoisotopic (exact) mass is 171 g/mol. The van der Waals surface area contributed by atoms with E-state index < -0.39 is 6.10 Å². The molecule has 0 bridgehead atoms. The lowest BCUT2D eigenvalue weighted by Gasteiger charge is -2.02. The third kappa shape index (κ3) is 1.88. The number of aliphatic hydroxyl groups is 1. The Morgan fingerprint density at radius 3 is 2.92 bits per heavy atom. The van der Waals surface area contributed by atoms with Gasteiger partial charge in [-0.1, -0.05) is 0 Å². The molecule has 0 aromatic carbocycles. The number of anilines is 1. The lowest BCUT2D eigenvalue weighted by Crippen LogP contribution is -2.11. The van der Waals surface area contributed by atoms with Gasteiger partial charge in [0.1, 0.15) is 5.69 Å². The molecule has 0 amide bonds. The fourth-order valence-electron chi connectivity index (χ4n) is 0.942. The molecule has 1 aromatic rings. The highest BCUT2D eigenvalue weighted by molar-refractivity contribution is 5.45. The molecule has 0 aliphatic heterocycles. The maximum absolute atomic E-state index is 9.04. The largest absolute Gasteiger partial charge is 0.478 e. The summed E-state index contributed by atoms with van der Waals surface area (Å²) in [6.07, 6.45) is 1.19. The molecule has 0 fully saturated rings. The van der Waals surface area contributed by atoms with Gasteiger partial charge in [0, 0.05) is 0 Å². The summed E-state index contributed by atoms with van der Waals surface area (Å²) in [4.78, 5) is 0. The van der Waals surface area contributed by atoms with E-state index in [9.17, 15) is 0 Å². The SMILES string of the molecule is COc1nn(C[C@H](C)O)cc1N. The Labute approximate surface area is 70.7 Å². The van der Waals surface area contributed by atoms with Crippen molar-refractivity contribution in [1.82, 2.24) is 9.78 Å². The number of methoxy groups -OCH3 is 1. The van der Waals surface area contributed by atoms with Crippen LogP contribution in [0, 0.1) is 0 Å². The van der Waals surface area contributed by atoms with Crippen LogP contribution >= 0.6 is 0 Å². The standard InChI is InChI=1S/C7H13N3O2/c1-5(11)3-10-4-6(8)7(9-10)12-2/h4-5,11H,3,8H2,1-2H3/t5-/m0/s1. The molecular weight excluding hydrogens is 158 g/mol. The van der Waals surface area contributed by atoms with Crippen LogP contribution in [-0.2, 0) is 6.54 Å². The van der Waals surface area contributed by atoms with Crippen molar-refractivity contribution < 1.29 is 9.84 Å². The molecular formula is C7H13N3O2. The average molecular weight is 171 g/mol. The number of ether oxygens (including phenoxy) is 1. The summed E-state index contributed by atoms with van der Waals surface area (Å²) in [7, 11) is 1.51. The quantitative estimate of drug-likeness (QED) is 0.663. The fourth-order valence-corrected chi connectivity index (χ4v) is 0.942. The van der Waals surface area contributed by atoms with Gasteiger partial charge >= 0.3 is 0 Å². The Kier molecular flexibility index (Phi) is 2.54. The second kappa shape index (κ2) is 3.44. The number of nitrogens with two attached hydrogens (primary N) is 1. The molecule has 0 aliphatic carbocycles. The molecule has 1 aromatic heterocycles. The van der Waals surface area contributed by atoms with Crippen molar-refractivity contribution in [2.24, 2.45) is 0 Å². The molecule has 0 unspecified atom stereocenters. The van der Waals surface area contributed by atoms with Crippen LogP contribution in [0.1, 0.15) is 6.92 Å². The maximum Gasteiger partial charge on any atom is 0.256 e. The first-order valence-electron chi connectivity index (χ1n) is 3.68. The zero-order chi connectivity index (χ0) is 9.14. The van der Waals surface area contributed by atoms with Crippen molar-refractivity contribution in [2.45, 2.75) is 19.6 Å².